The van der Waals surface area contributed by atoms with Crippen LogP contribution >= 0.6 is 0 Å². The van der Waals surface area contributed by atoms with E-state index >= 15 is 0 Å². The molecule has 0 spiro atoms. The topological polar surface area (TPSA) is 114 Å². The lowest BCUT2D eigenvalue weighted by Gasteiger charge is -2.29. The molecule has 5 fully saturated rings. The molecular weight excluding hydrogens is 528 g/mol. The van der Waals surface area contributed by atoms with Crippen molar-refractivity contribution in [2.45, 2.75) is 165 Å². The highest BCUT2D eigenvalue weighted by molar-refractivity contribution is 5.94. The maximum atomic E-state index is 13.8. The SMILES string of the molecule is O=C(OC1CCCCC1)C1OC(C(=O)OC2CCCCC2)C(C(=O)OC2CCCCC2)C1C(=O)OC1CCCCC1. The highest BCUT2D eigenvalue weighted by Gasteiger charge is 2.60. The summed E-state index contributed by atoms with van der Waals surface area (Å²) >= 11 is 0. The molecule has 5 aliphatic rings. The van der Waals surface area contributed by atoms with Crippen LogP contribution in [0.15, 0.2) is 0 Å². The molecule has 0 aromatic heterocycles. The smallest absolute Gasteiger partial charge is 0.336 e. The van der Waals surface area contributed by atoms with Crippen LogP contribution in [0.5, 0.6) is 0 Å². The molecule has 41 heavy (non-hydrogen) atoms. The van der Waals surface area contributed by atoms with Gasteiger partial charge in [-0.1, -0.05) is 25.7 Å². The fourth-order valence-electron chi connectivity index (χ4n) is 7.33. The van der Waals surface area contributed by atoms with Gasteiger partial charge in [0.05, 0.1) is 0 Å². The molecule has 9 heteroatoms. The minimum absolute atomic E-state index is 0.268. The summed E-state index contributed by atoms with van der Waals surface area (Å²) in [5.41, 5.74) is 0. The van der Waals surface area contributed by atoms with E-state index in [0.29, 0.717) is 0 Å². The van der Waals surface area contributed by atoms with E-state index in [4.69, 9.17) is 23.7 Å². The summed E-state index contributed by atoms with van der Waals surface area (Å²) in [6.07, 6.45) is 14.0. The highest BCUT2D eigenvalue weighted by atomic mass is 16.6. The second kappa shape index (κ2) is 14.8. The van der Waals surface area contributed by atoms with Crippen LogP contribution in [0.3, 0.4) is 0 Å². The van der Waals surface area contributed by atoms with E-state index in [2.05, 4.69) is 0 Å². The first-order valence-electron chi connectivity index (χ1n) is 16.5. The van der Waals surface area contributed by atoms with Crippen molar-refractivity contribution >= 4 is 23.9 Å². The molecule has 0 bridgehead atoms. The maximum absolute atomic E-state index is 13.8. The van der Waals surface area contributed by atoms with Crippen LogP contribution < -0.4 is 0 Å². The zero-order chi connectivity index (χ0) is 28.6. The van der Waals surface area contributed by atoms with E-state index in [1.165, 1.54) is 0 Å². The summed E-state index contributed by atoms with van der Waals surface area (Å²) in [5.74, 6) is -5.47. The van der Waals surface area contributed by atoms with E-state index in [9.17, 15) is 19.2 Å². The zero-order valence-electron chi connectivity index (χ0n) is 24.4. The van der Waals surface area contributed by atoms with Crippen LogP contribution in [0.25, 0.3) is 0 Å². The molecule has 1 heterocycles. The maximum Gasteiger partial charge on any atom is 0.336 e. The van der Waals surface area contributed by atoms with Crippen molar-refractivity contribution in [1.29, 1.82) is 0 Å². The van der Waals surface area contributed by atoms with Gasteiger partial charge in [-0.3, -0.25) is 9.59 Å². The summed E-state index contributed by atoms with van der Waals surface area (Å²) in [5, 5.41) is 0. The normalized spacial score (nSPS) is 30.8. The average molecular weight is 577 g/mol. The standard InChI is InChI=1S/C32H48O9/c33-29(37-21-13-5-1-6-14-21)25-26(30(34)38-22-15-7-2-8-16-22)28(32(36)40-24-19-11-4-12-20-24)41-27(25)31(35)39-23-17-9-3-10-18-23/h21-28H,1-20H2. The summed E-state index contributed by atoms with van der Waals surface area (Å²) in [6, 6.07) is 0. The molecular formula is C32H48O9. The molecule has 0 aromatic carbocycles. The second-order valence-electron chi connectivity index (χ2n) is 12.8. The van der Waals surface area contributed by atoms with Gasteiger partial charge < -0.3 is 23.7 Å². The van der Waals surface area contributed by atoms with E-state index in [-0.39, 0.29) is 24.4 Å². The lowest BCUT2D eigenvalue weighted by Crippen LogP contribution is -2.44. The predicted octanol–water partition coefficient (Wildman–Crippen LogP) is 5.49. The number of carbonyl (C=O) groups excluding carboxylic acids is 4. The molecule has 9 nitrogen and oxygen atoms in total. The number of hydrogen-bond donors (Lipinski definition) is 0. The number of ether oxygens (including phenoxy) is 5. The molecule has 4 unspecified atom stereocenters. The van der Waals surface area contributed by atoms with Crippen LogP contribution in [0.1, 0.15) is 128 Å². The van der Waals surface area contributed by atoms with Gasteiger partial charge in [0.1, 0.15) is 36.3 Å². The van der Waals surface area contributed by atoms with Crippen LogP contribution in [0.4, 0.5) is 0 Å². The van der Waals surface area contributed by atoms with Gasteiger partial charge in [0.15, 0.2) is 12.2 Å². The first kappa shape index (κ1) is 30.3. The fourth-order valence-corrected chi connectivity index (χ4v) is 7.33. The van der Waals surface area contributed by atoms with E-state index in [0.717, 1.165) is 128 Å². The van der Waals surface area contributed by atoms with E-state index < -0.39 is 47.9 Å². The fraction of sp³-hybridized carbons (Fsp3) is 0.875. The van der Waals surface area contributed by atoms with Gasteiger partial charge in [-0.25, -0.2) is 9.59 Å². The van der Waals surface area contributed by atoms with E-state index in [1.807, 2.05) is 0 Å². The second-order valence-corrected chi connectivity index (χ2v) is 12.8. The largest absolute Gasteiger partial charge is 0.462 e. The lowest BCUT2D eigenvalue weighted by molar-refractivity contribution is -0.177. The lowest BCUT2D eigenvalue weighted by atomic mass is 9.86. The third-order valence-corrected chi connectivity index (χ3v) is 9.68. The van der Waals surface area contributed by atoms with Crippen LogP contribution in [0.2, 0.25) is 0 Å². The number of rotatable bonds is 8. The molecule has 0 aromatic rings. The van der Waals surface area contributed by atoms with Crippen LogP contribution in [-0.2, 0) is 42.9 Å². The van der Waals surface area contributed by atoms with Crippen molar-refractivity contribution in [1.82, 2.24) is 0 Å². The monoisotopic (exact) mass is 576 g/mol. The van der Waals surface area contributed by atoms with Crippen molar-refractivity contribution in [3.8, 4) is 0 Å². The van der Waals surface area contributed by atoms with Gasteiger partial charge in [-0.2, -0.15) is 0 Å². The minimum Gasteiger partial charge on any atom is -0.462 e. The quantitative estimate of drug-likeness (QED) is 0.273. The molecule has 1 saturated heterocycles. The van der Waals surface area contributed by atoms with Gasteiger partial charge >= 0.3 is 23.9 Å². The first-order valence-corrected chi connectivity index (χ1v) is 16.5. The molecule has 230 valence electrons. The van der Waals surface area contributed by atoms with Crippen molar-refractivity contribution in [3.63, 3.8) is 0 Å². The molecule has 4 aliphatic carbocycles. The first-order chi connectivity index (χ1) is 20.0. The van der Waals surface area contributed by atoms with Gasteiger partial charge in [-0.05, 0) is 103 Å². The molecule has 1 aliphatic heterocycles. The van der Waals surface area contributed by atoms with Crippen LogP contribution in [-0.4, -0.2) is 60.5 Å². The van der Waals surface area contributed by atoms with Crippen molar-refractivity contribution < 1.29 is 42.9 Å². The van der Waals surface area contributed by atoms with Gasteiger partial charge in [0.25, 0.3) is 0 Å². The Labute approximate surface area is 243 Å². The minimum atomic E-state index is -1.43. The summed E-state index contributed by atoms with van der Waals surface area (Å²) in [7, 11) is 0. The summed E-state index contributed by atoms with van der Waals surface area (Å²) in [6.45, 7) is 0. The molecule has 4 saturated carbocycles. The Morgan fingerprint density at radius 2 is 0.610 bits per heavy atom. The third kappa shape index (κ3) is 8.02. The summed E-state index contributed by atoms with van der Waals surface area (Å²) in [4.78, 5) is 54.8. The highest BCUT2D eigenvalue weighted by Crippen LogP contribution is 2.39. The number of hydrogen-bond acceptors (Lipinski definition) is 9. The Morgan fingerprint density at radius 3 is 0.878 bits per heavy atom. The van der Waals surface area contributed by atoms with Crippen molar-refractivity contribution in [3.05, 3.63) is 0 Å². The number of esters is 4. The molecule has 5 rings (SSSR count). The number of carbonyl (C=O) groups is 4. The molecule has 0 N–H and O–H groups in total. The van der Waals surface area contributed by atoms with Gasteiger partial charge in [0.2, 0.25) is 0 Å². The Bertz CT molecular complexity index is 823. The van der Waals surface area contributed by atoms with E-state index in [1.54, 1.807) is 0 Å². The van der Waals surface area contributed by atoms with Crippen molar-refractivity contribution in [2.24, 2.45) is 11.8 Å². The zero-order valence-corrected chi connectivity index (χ0v) is 24.4. The Balaban J connectivity index is 1.39. The van der Waals surface area contributed by atoms with Crippen LogP contribution in [0, 0.1) is 11.8 Å². The molecule has 4 atom stereocenters. The van der Waals surface area contributed by atoms with Gasteiger partial charge in [0, 0.05) is 0 Å². The average Bonchev–Trinajstić information content (AvgIpc) is 3.41. The Morgan fingerprint density at radius 1 is 0.366 bits per heavy atom. The van der Waals surface area contributed by atoms with Gasteiger partial charge in [-0.15, -0.1) is 0 Å². The predicted molar refractivity (Wildman–Crippen MR) is 148 cm³/mol. The summed E-state index contributed by atoms with van der Waals surface area (Å²) < 4.78 is 29.5. The Hall–Kier alpha value is -2.16. The Kier molecular flexibility index (Phi) is 11.0. The third-order valence-electron chi connectivity index (χ3n) is 9.68. The molecule has 0 amide bonds. The molecule has 0 radical (unpaired) electrons. The van der Waals surface area contributed by atoms with Crippen molar-refractivity contribution in [2.75, 3.05) is 0 Å².